The van der Waals surface area contributed by atoms with Crippen LogP contribution in [-0.4, -0.2) is 0 Å². The summed E-state index contributed by atoms with van der Waals surface area (Å²) in [4.78, 5) is 0. The molecule has 0 unspecified atom stereocenters. The molecule has 0 spiro atoms. The molecule has 1 aromatic rings. The molecular weight excluding hydrogens is 312 g/mol. The van der Waals surface area contributed by atoms with Crippen molar-refractivity contribution >= 4 is 0 Å². The molecule has 1 aliphatic carbocycles. The van der Waals surface area contributed by atoms with Crippen LogP contribution in [0, 0.1) is 38.5 Å². The molecule has 0 heterocycles. The molecule has 2 rings (SSSR count). The highest BCUT2D eigenvalue weighted by atomic mass is 14.4. The summed E-state index contributed by atoms with van der Waals surface area (Å²) in [7, 11) is 0. The minimum absolute atomic E-state index is 0.125. The van der Waals surface area contributed by atoms with E-state index in [2.05, 4.69) is 77.1 Å². The minimum atomic E-state index is 0.125. The highest BCUT2D eigenvalue weighted by Crippen LogP contribution is 2.50. The van der Waals surface area contributed by atoms with E-state index >= 15 is 0 Å². The normalized spacial score (nSPS) is 14.3. The molecule has 0 amide bonds. The van der Waals surface area contributed by atoms with Crippen molar-refractivity contribution in [3.8, 4) is 12.3 Å². The topological polar surface area (TPSA) is 0 Å². The number of rotatable bonds is 3. The first-order valence-corrected chi connectivity index (χ1v) is 9.21. The highest BCUT2D eigenvalue weighted by Gasteiger charge is 2.41. The van der Waals surface area contributed by atoms with Gasteiger partial charge in [-0.2, -0.15) is 0 Å². The van der Waals surface area contributed by atoms with Crippen LogP contribution in [0.3, 0.4) is 0 Å². The number of benzene rings is 1. The quantitative estimate of drug-likeness (QED) is 0.298. The molecule has 0 bridgehead atoms. The van der Waals surface area contributed by atoms with Crippen LogP contribution in [0.1, 0.15) is 57.2 Å². The first kappa shape index (κ1) is 23.7. The predicted molar refractivity (Wildman–Crippen MR) is 119 cm³/mol. The Labute approximate surface area is 162 Å². The van der Waals surface area contributed by atoms with Gasteiger partial charge in [0, 0.05) is 0 Å². The van der Waals surface area contributed by atoms with Gasteiger partial charge < -0.3 is 0 Å². The highest BCUT2D eigenvalue weighted by molar-refractivity contribution is 5.30. The third-order valence-corrected chi connectivity index (χ3v) is 4.30. The third kappa shape index (κ3) is 9.90. The maximum absolute atomic E-state index is 5.26. The van der Waals surface area contributed by atoms with Crippen LogP contribution in [-0.2, 0) is 0 Å². The predicted octanol–water partition coefficient (Wildman–Crippen LogP) is 7.67. The van der Waals surface area contributed by atoms with E-state index in [-0.39, 0.29) is 5.41 Å². The summed E-state index contributed by atoms with van der Waals surface area (Å²) in [6.45, 7) is 22.0. The van der Waals surface area contributed by atoms with Crippen molar-refractivity contribution in [3.63, 3.8) is 0 Å². The molecule has 1 fully saturated rings. The molecule has 0 aromatic heterocycles. The van der Waals surface area contributed by atoms with Crippen LogP contribution in [0.2, 0.25) is 0 Å². The van der Waals surface area contributed by atoms with Gasteiger partial charge in [0.25, 0.3) is 0 Å². The van der Waals surface area contributed by atoms with Crippen molar-refractivity contribution < 1.29 is 0 Å². The molecule has 1 saturated carbocycles. The Morgan fingerprint density at radius 1 is 0.962 bits per heavy atom. The van der Waals surface area contributed by atoms with Crippen LogP contribution in [0.4, 0.5) is 0 Å². The molecule has 0 heteroatoms. The van der Waals surface area contributed by atoms with Gasteiger partial charge >= 0.3 is 0 Å². The van der Waals surface area contributed by atoms with Gasteiger partial charge in [0.2, 0.25) is 0 Å². The molecule has 0 aliphatic heterocycles. The summed E-state index contributed by atoms with van der Waals surface area (Å²) >= 11 is 0. The second-order valence-corrected chi connectivity index (χ2v) is 7.38. The van der Waals surface area contributed by atoms with Crippen LogP contribution in [0.15, 0.2) is 66.3 Å². The fraction of sp³-hybridized carbons (Fsp3) is 0.385. The molecule has 26 heavy (non-hydrogen) atoms. The first-order valence-electron chi connectivity index (χ1n) is 9.21. The lowest BCUT2D eigenvalue weighted by Gasteiger charge is -2.02. The van der Waals surface area contributed by atoms with E-state index < -0.39 is 0 Å². The molecular formula is C26H36. The average Bonchev–Trinajstić information content (AvgIpc) is 3.33. The van der Waals surface area contributed by atoms with E-state index in [1.165, 1.54) is 22.3 Å². The lowest BCUT2D eigenvalue weighted by atomic mass is 10.0. The smallest absolute Gasteiger partial charge is 0.0516 e. The van der Waals surface area contributed by atoms with Crippen molar-refractivity contribution in [2.75, 3.05) is 0 Å². The van der Waals surface area contributed by atoms with Gasteiger partial charge in [0.1, 0.15) is 0 Å². The number of hydrogen-bond acceptors (Lipinski definition) is 0. The zero-order valence-corrected chi connectivity index (χ0v) is 17.9. The fourth-order valence-electron chi connectivity index (χ4n) is 2.39. The minimum Gasteiger partial charge on any atom is -0.119 e. The number of aryl methyl sites for hydroxylation is 3. The van der Waals surface area contributed by atoms with Crippen LogP contribution >= 0.6 is 0 Å². The van der Waals surface area contributed by atoms with E-state index in [0.717, 1.165) is 24.0 Å². The molecule has 0 saturated heterocycles. The lowest BCUT2D eigenvalue weighted by molar-refractivity contribution is 0.825. The Morgan fingerprint density at radius 3 is 1.58 bits per heavy atom. The molecule has 1 aromatic carbocycles. The lowest BCUT2D eigenvalue weighted by Crippen LogP contribution is -1.94. The third-order valence-electron chi connectivity index (χ3n) is 4.30. The number of hydrogen-bond donors (Lipinski definition) is 0. The van der Waals surface area contributed by atoms with Crippen molar-refractivity contribution in [2.45, 2.75) is 61.3 Å². The molecule has 0 nitrogen and oxygen atoms in total. The average molecular weight is 349 g/mol. The second-order valence-electron chi connectivity index (χ2n) is 7.38. The first-order chi connectivity index (χ1) is 12.1. The van der Waals surface area contributed by atoms with Gasteiger partial charge in [-0.15, -0.1) is 6.42 Å². The second kappa shape index (κ2) is 11.4. The van der Waals surface area contributed by atoms with Gasteiger partial charge in [-0.1, -0.05) is 88.9 Å². The van der Waals surface area contributed by atoms with Gasteiger partial charge in [-0.25, -0.2) is 0 Å². The molecule has 0 atom stereocenters. The van der Waals surface area contributed by atoms with Crippen LogP contribution in [0.5, 0.6) is 0 Å². The standard InChI is InChI=1S/C9H12.C9H14.C8H10/c1-7-4-8(2)6-9(3)5-7;1-5-9(4)7-6-8(2)3;1-4-8(5-6-8)7(2)3/h4-6H,1-3H3;5-7H,2H2,1,3-4H3;1H,2,5-6H2,3H3/b;7-6-,9-5-;. The van der Waals surface area contributed by atoms with Gasteiger partial charge in [-0.05, 0) is 61.3 Å². The molecule has 0 N–H and O–H groups in total. The van der Waals surface area contributed by atoms with Crippen molar-refractivity contribution in [1.82, 2.24) is 0 Å². The van der Waals surface area contributed by atoms with Crippen molar-refractivity contribution in [3.05, 3.63) is 83.0 Å². The SMILES string of the molecule is C#CC1(C(=C)C)CC1.C=C(C)/C=C\C(C)=C/C.Cc1cc(C)cc(C)c1. The Morgan fingerprint density at radius 2 is 1.38 bits per heavy atom. The van der Waals surface area contributed by atoms with Gasteiger partial charge in [0.15, 0.2) is 0 Å². The Bertz CT molecular complexity index is 662. The number of allylic oxidation sites excluding steroid dienone is 6. The van der Waals surface area contributed by atoms with Crippen molar-refractivity contribution in [1.29, 1.82) is 0 Å². The Kier molecular flexibility index (Phi) is 10.4. The Balaban J connectivity index is 0.000000361. The summed E-state index contributed by atoms with van der Waals surface area (Å²) in [6.07, 6.45) is 13.7. The van der Waals surface area contributed by atoms with Crippen molar-refractivity contribution in [2.24, 2.45) is 5.41 Å². The molecule has 140 valence electrons. The summed E-state index contributed by atoms with van der Waals surface area (Å²) in [6, 6.07) is 6.56. The Hall–Kier alpha value is -2.26. The maximum Gasteiger partial charge on any atom is 0.0516 e. The molecule has 0 radical (unpaired) electrons. The van der Waals surface area contributed by atoms with Crippen LogP contribution < -0.4 is 0 Å². The summed E-state index contributed by atoms with van der Waals surface area (Å²) in [5, 5.41) is 0. The summed E-state index contributed by atoms with van der Waals surface area (Å²) in [5.41, 5.74) is 7.71. The zero-order valence-electron chi connectivity index (χ0n) is 17.9. The molecule has 1 aliphatic rings. The van der Waals surface area contributed by atoms with Crippen LogP contribution in [0.25, 0.3) is 0 Å². The zero-order chi connectivity index (χ0) is 20.3. The van der Waals surface area contributed by atoms with E-state index in [4.69, 9.17) is 6.42 Å². The summed E-state index contributed by atoms with van der Waals surface area (Å²) < 4.78 is 0. The maximum atomic E-state index is 5.26. The van der Waals surface area contributed by atoms with Gasteiger partial charge in [0.05, 0.1) is 5.41 Å². The largest absolute Gasteiger partial charge is 0.119 e. The number of terminal acetylenes is 1. The van der Waals surface area contributed by atoms with E-state index in [1.54, 1.807) is 0 Å². The van der Waals surface area contributed by atoms with E-state index in [9.17, 15) is 0 Å². The fourth-order valence-corrected chi connectivity index (χ4v) is 2.39. The summed E-state index contributed by atoms with van der Waals surface area (Å²) in [5.74, 6) is 2.75. The van der Waals surface area contributed by atoms with E-state index in [1.807, 2.05) is 26.8 Å². The van der Waals surface area contributed by atoms with Gasteiger partial charge in [-0.3, -0.25) is 0 Å². The van der Waals surface area contributed by atoms with E-state index in [0.29, 0.717) is 0 Å². The monoisotopic (exact) mass is 348 g/mol.